The number of aliphatic hydroxyl groups excluding tert-OH is 1. The first-order valence-electron chi connectivity index (χ1n) is 6.45. The summed E-state index contributed by atoms with van der Waals surface area (Å²) < 4.78 is 17.9. The van der Waals surface area contributed by atoms with Gasteiger partial charge in [0.25, 0.3) is 0 Å². The van der Waals surface area contributed by atoms with Gasteiger partial charge in [-0.1, -0.05) is 0 Å². The third-order valence-electron chi connectivity index (χ3n) is 3.57. The third-order valence-corrected chi connectivity index (χ3v) is 3.57. The molecule has 0 amide bonds. The molecule has 3 heterocycles. The van der Waals surface area contributed by atoms with Gasteiger partial charge in [0.15, 0.2) is 17.7 Å². The fourth-order valence-electron chi connectivity index (χ4n) is 2.60. The van der Waals surface area contributed by atoms with Gasteiger partial charge in [0.2, 0.25) is 0 Å². The van der Waals surface area contributed by atoms with E-state index in [2.05, 4.69) is 15.0 Å². The Morgan fingerprint density at radius 3 is 2.90 bits per heavy atom. The lowest BCUT2D eigenvalue weighted by molar-refractivity contribution is -0.0612. The van der Waals surface area contributed by atoms with E-state index in [1.54, 1.807) is 11.7 Å². The standard InChI is InChI=1S/C12H17N5O4/c1-19-3-6-9(20-2)8(18)12(21-6)17-5-16-7-10(13)14-4-15-11(7)17/h4-6,8-9,12,18H,3H2,1-2H3,(H2,13,14,15)/t6-,8?,9+,12?/m1/s1. The molecule has 1 fully saturated rings. The Morgan fingerprint density at radius 1 is 1.38 bits per heavy atom. The number of nitrogens with zero attached hydrogens (tertiary/aromatic N) is 4. The van der Waals surface area contributed by atoms with E-state index in [9.17, 15) is 5.11 Å². The molecule has 114 valence electrons. The second kappa shape index (κ2) is 5.53. The van der Waals surface area contributed by atoms with Crippen LogP contribution in [-0.4, -0.2) is 63.8 Å². The summed E-state index contributed by atoms with van der Waals surface area (Å²) in [5, 5.41) is 10.4. The average Bonchev–Trinajstić information content (AvgIpc) is 3.02. The first-order valence-corrected chi connectivity index (χ1v) is 6.45. The SMILES string of the molecule is COC[C@H]1OC(n2cnc3c(N)ncnc32)C(O)[C@H]1OC. The first-order chi connectivity index (χ1) is 10.2. The van der Waals surface area contributed by atoms with Gasteiger partial charge in [0.1, 0.15) is 30.2 Å². The van der Waals surface area contributed by atoms with Crippen LogP contribution in [0.15, 0.2) is 12.7 Å². The molecule has 4 atom stereocenters. The zero-order valence-corrected chi connectivity index (χ0v) is 11.7. The van der Waals surface area contributed by atoms with E-state index in [1.807, 2.05) is 0 Å². The van der Waals surface area contributed by atoms with Crippen LogP contribution in [0.4, 0.5) is 5.82 Å². The molecular weight excluding hydrogens is 278 g/mol. The van der Waals surface area contributed by atoms with Crippen LogP contribution in [0.25, 0.3) is 11.2 Å². The van der Waals surface area contributed by atoms with E-state index in [1.165, 1.54) is 19.8 Å². The van der Waals surface area contributed by atoms with Crippen LogP contribution >= 0.6 is 0 Å². The molecule has 21 heavy (non-hydrogen) atoms. The number of nitrogens with two attached hydrogens (primary N) is 1. The van der Waals surface area contributed by atoms with Gasteiger partial charge in [-0.2, -0.15) is 0 Å². The molecule has 3 rings (SSSR count). The van der Waals surface area contributed by atoms with Gasteiger partial charge in [-0.05, 0) is 0 Å². The molecule has 2 aromatic rings. The van der Waals surface area contributed by atoms with Gasteiger partial charge in [-0.25, -0.2) is 15.0 Å². The lowest BCUT2D eigenvalue weighted by atomic mass is 10.1. The lowest BCUT2D eigenvalue weighted by Gasteiger charge is -2.18. The Bertz CT molecular complexity index is 633. The molecule has 9 nitrogen and oxygen atoms in total. The molecule has 1 aliphatic rings. The largest absolute Gasteiger partial charge is 0.386 e. The van der Waals surface area contributed by atoms with Gasteiger partial charge < -0.3 is 25.1 Å². The predicted octanol–water partition coefficient (Wildman–Crippen LogP) is -0.672. The van der Waals surface area contributed by atoms with Gasteiger partial charge in [0, 0.05) is 14.2 Å². The van der Waals surface area contributed by atoms with E-state index in [0.717, 1.165) is 0 Å². The minimum absolute atomic E-state index is 0.281. The number of aromatic nitrogens is 4. The zero-order valence-electron chi connectivity index (χ0n) is 11.7. The summed E-state index contributed by atoms with van der Waals surface area (Å²) in [5.41, 5.74) is 6.73. The molecule has 0 aliphatic carbocycles. The normalized spacial score (nSPS) is 29.3. The summed E-state index contributed by atoms with van der Waals surface area (Å²) in [4.78, 5) is 12.2. The molecule has 0 saturated carbocycles. The zero-order chi connectivity index (χ0) is 15.0. The smallest absolute Gasteiger partial charge is 0.167 e. The van der Waals surface area contributed by atoms with Crippen LogP contribution in [0, 0.1) is 0 Å². The fraction of sp³-hybridized carbons (Fsp3) is 0.583. The predicted molar refractivity (Wildman–Crippen MR) is 72.3 cm³/mol. The maximum atomic E-state index is 10.4. The summed E-state index contributed by atoms with van der Waals surface area (Å²) in [7, 11) is 3.09. The molecule has 3 N–H and O–H groups in total. The van der Waals surface area contributed by atoms with Gasteiger partial charge in [-0.15, -0.1) is 0 Å². The highest BCUT2D eigenvalue weighted by Crippen LogP contribution is 2.33. The summed E-state index contributed by atoms with van der Waals surface area (Å²) in [6, 6.07) is 0. The van der Waals surface area contributed by atoms with Crippen molar-refractivity contribution in [3.05, 3.63) is 12.7 Å². The molecular formula is C12H17N5O4. The number of methoxy groups -OCH3 is 2. The topological polar surface area (TPSA) is 118 Å². The lowest BCUT2D eigenvalue weighted by Crippen LogP contribution is -2.35. The van der Waals surface area contributed by atoms with Gasteiger partial charge >= 0.3 is 0 Å². The highest BCUT2D eigenvalue weighted by molar-refractivity contribution is 5.81. The minimum Gasteiger partial charge on any atom is -0.386 e. The second-order valence-corrected chi connectivity index (χ2v) is 4.79. The van der Waals surface area contributed by atoms with Crippen molar-refractivity contribution in [2.24, 2.45) is 0 Å². The Morgan fingerprint density at radius 2 is 2.19 bits per heavy atom. The van der Waals surface area contributed by atoms with Crippen LogP contribution in [0.5, 0.6) is 0 Å². The van der Waals surface area contributed by atoms with E-state index in [0.29, 0.717) is 17.8 Å². The number of nitrogen functional groups attached to an aromatic ring is 1. The molecule has 0 radical (unpaired) electrons. The van der Waals surface area contributed by atoms with Crippen molar-refractivity contribution in [1.29, 1.82) is 0 Å². The van der Waals surface area contributed by atoms with E-state index < -0.39 is 18.4 Å². The molecule has 0 bridgehead atoms. The van der Waals surface area contributed by atoms with Crippen molar-refractivity contribution in [2.75, 3.05) is 26.6 Å². The van der Waals surface area contributed by atoms with Crippen molar-refractivity contribution < 1.29 is 19.3 Å². The molecule has 1 aliphatic heterocycles. The van der Waals surface area contributed by atoms with Gasteiger partial charge in [-0.3, -0.25) is 4.57 Å². The highest BCUT2D eigenvalue weighted by atomic mass is 16.6. The summed E-state index contributed by atoms with van der Waals surface area (Å²) >= 11 is 0. The van der Waals surface area contributed by atoms with Crippen LogP contribution in [0.3, 0.4) is 0 Å². The van der Waals surface area contributed by atoms with Crippen LogP contribution in [-0.2, 0) is 14.2 Å². The maximum Gasteiger partial charge on any atom is 0.167 e. The number of rotatable bonds is 4. The Kier molecular flexibility index (Phi) is 3.72. The fourth-order valence-corrected chi connectivity index (χ4v) is 2.60. The summed E-state index contributed by atoms with van der Waals surface area (Å²) in [6.07, 6.45) is 0.449. The van der Waals surface area contributed by atoms with Crippen molar-refractivity contribution in [3.63, 3.8) is 0 Å². The second-order valence-electron chi connectivity index (χ2n) is 4.79. The molecule has 0 spiro atoms. The molecule has 0 aromatic carbocycles. The summed E-state index contributed by atoms with van der Waals surface area (Å²) in [5.74, 6) is 0.281. The van der Waals surface area contributed by atoms with Crippen LogP contribution in [0.2, 0.25) is 0 Å². The van der Waals surface area contributed by atoms with Crippen molar-refractivity contribution in [2.45, 2.75) is 24.5 Å². The number of ether oxygens (including phenoxy) is 3. The van der Waals surface area contributed by atoms with E-state index in [4.69, 9.17) is 19.9 Å². The number of aliphatic hydroxyl groups is 1. The van der Waals surface area contributed by atoms with Crippen LogP contribution in [0.1, 0.15) is 6.23 Å². The van der Waals surface area contributed by atoms with Crippen molar-refractivity contribution in [3.8, 4) is 0 Å². The molecule has 2 aromatic heterocycles. The number of hydrogen-bond acceptors (Lipinski definition) is 8. The first kappa shape index (κ1) is 14.1. The Hall–Kier alpha value is -1.81. The van der Waals surface area contributed by atoms with E-state index in [-0.39, 0.29) is 11.9 Å². The minimum atomic E-state index is -0.872. The molecule has 1 saturated heterocycles. The Balaban J connectivity index is 1.97. The molecule has 9 heteroatoms. The third kappa shape index (κ3) is 2.23. The van der Waals surface area contributed by atoms with Gasteiger partial charge in [0.05, 0.1) is 12.9 Å². The maximum absolute atomic E-state index is 10.4. The summed E-state index contributed by atoms with van der Waals surface area (Å²) in [6.45, 7) is 0.315. The monoisotopic (exact) mass is 295 g/mol. The Labute approximate surface area is 120 Å². The van der Waals surface area contributed by atoms with Crippen LogP contribution < -0.4 is 5.73 Å². The molecule has 2 unspecified atom stereocenters. The highest BCUT2D eigenvalue weighted by Gasteiger charge is 2.45. The number of imidazole rings is 1. The van der Waals surface area contributed by atoms with Crippen molar-refractivity contribution in [1.82, 2.24) is 19.5 Å². The number of hydrogen-bond donors (Lipinski definition) is 2. The number of anilines is 1. The van der Waals surface area contributed by atoms with E-state index >= 15 is 0 Å². The van der Waals surface area contributed by atoms with Crippen molar-refractivity contribution >= 4 is 17.0 Å². The average molecular weight is 295 g/mol. The number of fused-ring (bicyclic) bond motifs is 1. The quantitative estimate of drug-likeness (QED) is 0.762.